The van der Waals surface area contributed by atoms with E-state index < -0.39 is 5.54 Å². The van der Waals surface area contributed by atoms with Crippen LogP contribution >= 0.6 is 0 Å². The van der Waals surface area contributed by atoms with Crippen LogP contribution < -0.4 is 11.5 Å². The number of carbonyl (C=O) groups is 1. The van der Waals surface area contributed by atoms with Crippen molar-refractivity contribution in [3.05, 3.63) is 84.1 Å². The van der Waals surface area contributed by atoms with Crippen molar-refractivity contribution >= 4 is 5.78 Å². The second kappa shape index (κ2) is 14.5. The first kappa shape index (κ1) is 34.2. The molecule has 232 valence electrons. The van der Waals surface area contributed by atoms with Crippen molar-refractivity contribution in [3.8, 4) is 0 Å². The molecule has 4 heteroatoms. The number of ketones is 1. The number of carbonyl (C=O) groups excluding carboxylic acids is 1. The summed E-state index contributed by atoms with van der Waals surface area (Å²) in [6, 6.07) is 0. The second-order valence-corrected chi connectivity index (χ2v) is 13.1. The molecule has 0 aromatic carbocycles. The van der Waals surface area contributed by atoms with Gasteiger partial charge in [0.15, 0.2) is 5.78 Å². The van der Waals surface area contributed by atoms with Crippen LogP contribution in [0.25, 0.3) is 0 Å². The van der Waals surface area contributed by atoms with Crippen molar-refractivity contribution in [2.24, 2.45) is 52.9 Å². The Labute approximate surface area is 256 Å². The van der Waals surface area contributed by atoms with Crippen LogP contribution in [0.4, 0.5) is 0 Å². The van der Waals surface area contributed by atoms with Gasteiger partial charge >= 0.3 is 0 Å². The topological polar surface area (TPSA) is 78.3 Å². The van der Waals surface area contributed by atoms with Crippen molar-refractivity contribution in [1.82, 2.24) is 0 Å². The fraction of sp³-hybridized carbons (Fsp3) is 0.605. The number of Topliss-reactive ketones (excluding diaryl/α,β-unsaturated/α-hetero) is 1. The van der Waals surface area contributed by atoms with Gasteiger partial charge in [-0.3, -0.25) is 4.79 Å². The van der Waals surface area contributed by atoms with Crippen LogP contribution in [0.1, 0.15) is 79.6 Å². The molecule has 3 rings (SSSR count). The van der Waals surface area contributed by atoms with Crippen LogP contribution in [0.15, 0.2) is 84.1 Å². The Balaban J connectivity index is 2.10. The molecule has 0 bridgehead atoms. The molecule has 0 heterocycles. The smallest absolute Gasteiger partial charge is 0.184 e. The van der Waals surface area contributed by atoms with E-state index in [9.17, 15) is 4.79 Å². The van der Waals surface area contributed by atoms with Gasteiger partial charge < -0.3 is 16.2 Å². The van der Waals surface area contributed by atoms with Gasteiger partial charge in [-0.1, -0.05) is 90.3 Å². The highest BCUT2D eigenvalue weighted by molar-refractivity contribution is 6.10. The van der Waals surface area contributed by atoms with Gasteiger partial charge in [0.1, 0.15) is 0 Å². The lowest BCUT2D eigenvalue weighted by molar-refractivity contribution is -0.115. The van der Waals surface area contributed by atoms with Crippen LogP contribution in [0.5, 0.6) is 0 Å². The van der Waals surface area contributed by atoms with E-state index in [1.165, 1.54) is 0 Å². The third-order valence-corrected chi connectivity index (χ3v) is 10.8. The zero-order chi connectivity index (χ0) is 31.4. The molecule has 3 aliphatic rings. The van der Waals surface area contributed by atoms with Gasteiger partial charge in [0.05, 0.1) is 6.10 Å². The Hall–Kier alpha value is -2.27. The lowest BCUT2D eigenvalue weighted by Gasteiger charge is -2.51. The number of hydrogen-bond donors (Lipinski definition) is 2. The summed E-state index contributed by atoms with van der Waals surface area (Å²) in [5, 5.41) is 0. The number of ether oxygens (including phenoxy) is 1. The Morgan fingerprint density at radius 3 is 2.40 bits per heavy atom. The first-order valence-corrected chi connectivity index (χ1v) is 16.3. The maximum Gasteiger partial charge on any atom is 0.184 e. The quantitative estimate of drug-likeness (QED) is 0.133. The first-order chi connectivity index (χ1) is 20.0. The molecule has 1 saturated carbocycles. The van der Waals surface area contributed by atoms with E-state index in [2.05, 4.69) is 85.2 Å². The molecule has 4 N–H and O–H groups in total. The average Bonchev–Trinajstić information content (AvgIpc) is 2.97. The van der Waals surface area contributed by atoms with Gasteiger partial charge in [-0.05, 0) is 104 Å². The van der Waals surface area contributed by atoms with Gasteiger partial charge in [-0.15, -0.1) is 0 Å². The summed E-state index contributed by atoms with van der Waals surface area (Å²) < 4.78 is 6.13. The minimum absolute atomic E-state index is 0.0398. The van der Waals surface area contributed by atoms with Gasteiger partial charge in [-0.2, -0.15) is 0 Å². The first-order valence-electron chi connectivity index (χ1n) is 16.3. The molecule has 0 aromatic heterocycles. The molecule has 0 radical (unpaired) electrons. The SMILES string of the molecule is C=C(CC)C(=C)C(=C)C1C(C)=C2C(=O)C(=C)C(C(/C=C\CC)C3C=CC(CC)C(OC)[C@H]3CC)CC2CC1(N)CCN. The van der Waals surface area contributed by atoms with Crippen molar-refractivity contribution < 1.29 is 9.53 Å². The number of allylic oxidation sites excluding steroid dienone is 7. The second-order valence-electron chi connectivity index (χ2n) is 13.1. The number of fused-ring (bicyclic) bond motifs is 1. The van der Waals surface area contributed by atoms with E-state index in [4.69, 9.17) is 16.2 Å². The van der Waals surface area contributed by atoms with Crippen LogP contribution in [0, 0.1) is 41.4 Å². The molecule has 9 atom stereocenters. The molecular weight excluding hydrogens is 516 g/mol. The zero-order valence-electron chi connectivity index (χ0n) is 27.4. The Bertz CT molecular complexity index is 1160. The molecule has 0 amide bonds. The lowest BCUT2D eigenvalue weighted by atomic mass is 9.54. The van der Waals surface area contributed by atoms with E-state index in [0.29, 0.717) is 31.2 Å². The van der Waals surface area contributed by atoms with Crippen LogP contribution in [0.2, 0.25) is 0 Å². The van der Waals surface area contributed by atoms with Crippen molar-refractivity contribution in [2.45, 2.75) is 91.2 Å². The van der Waals surface area contributed by atoms with Crippen LogP contribution in [-0.2, 0) is 9.53 Å². The Kier molecular flexibility index (Phi) is 11.8. The fourth-order valence-electron chi connectivity index (χ4n) is 8.59. The number of nitrogens with two attached hydrogens (primary N) is 2. The summed E-state index contributed by atoms with van der Waals surface area (Å²) in [6.45, 7) is 28.8. The largest absolute Gasteiger partial charge is 0.381 e. The van der Waals surface area contributed by atoms with E-state index in [0.717, 1.165) is 65.5 Å². The van der Waals surface area contributed by atoms with Gasteiger partial charge in [0.25, 0.3) is 0 Å². The van der Waals surface area contributed by atoms with Gasteiger partial charge in [-0.25, -0.2) is 0 Å². The van der Waals surface area contributed by atoms with E-state index >= 15 is 0 Å². The summed E-state index contributed by atoms with van der Waals surface area (Å²) in [4.78, 5) is 14.3. The standard InChI is InChI=1S/C38H58N2O2/c1-11-15-16-31(32-18-17-28(13-3)37(42-10)30(32)14-4)33-21-29-22-38(40,19-20-39)35(25(7)24(6)23(5)12-2)27(9)34(29)36(41)26(33)8/h15-18,28-33,35,37H,5-8,11-14,19-22,39-40H2,1-4,9-10H3/b16-15-/t28?,29?,30-,31?,32?,33?,35?,37?,38?/m0/s1. The monoisotopic (exact) mass is 574 g/mol. The van der Waals surface area contributed by atoms with Gasteiger partial charge in [0.2, 0.25) is 0 Å². The van der Waals surface area contributed by atoms with Crippen LogP contribution in [0.3, 0.4) is 0 Å². The molecule has 8 unspecified atom stereocenters. The normalized spacial score (nSPS) is 34.0. The molecule has 0 spiro atoms. The molecule has 0 saturated heterocycles. The minimum atomic E-state index is -0.606. The van der Waals surface area contributed by atoms with E-state index in [1.807, 2.05) is 7.11 Å². The summed E-state index contributed by atoms with van der Waals surface area (Å²) in [7, 11) is 1.85. The highest BCUT2D eigenvalue weighted by Gasteiger charge is 2.51. The lowest BCUT2D eigenvalue weighted by Crippen LogP contribution is -2.56. The predicted molar refractivity (Wildman–Crippen MR) is 179 cm³/mol. The third kappa shape index (κ3) is 6.32. The molecule has 3 aliphatic carbocycles. The number of rotatable bonds is 13. The number of hydrogen-bond acceptors (Lipinski definition) is 4. The molecule has 42 heavy (non-hydrogen) atoms. The summed E-state index contributed by atoms with van der Waals surface area (Å²) in [6.07, 6.45) is 15.6. The molecular formula is C38H58N2O2. The maximum atomic E-state index is 14.3. The van der Waals surface area contributed by atoms with Crippen molar-refractivity contribution in [1.29, 1.82) is 0 Å². The maximum absolute atomic E-state index is 14.3. The molecule has 4 nitrogen and oxygen atoms in total. The fourth-order valence-corrected chi connectivity index (χ4v) is 8.59. The summed E-state index contributed by atoms with van der Waals surface area (Å²) in [5.74, 6) is 1.22. The van der Waals surface area contributed by atoms with E-state index in [-0.39, 0.29) is 41.5 Å². The predicted octanol–water partition coefficient (Wildman–Crippen LogP) is 8.04. The third-order valence-electron chi connectivity index (χ3n) is 10.8. The molecule has 0 aliphatic heterocycles. The average molecular weight is 575 g/mol. The van der Waals surface area contributed by atoms with Crippen molar-refractivity contribution in [2.75, 3.05) is 13.7 Å². The highest BCUT2D eigenvalue weighted by Crippen LogP contribution is 2.54. The number of methoxy groups -OCH3 is 1. The van der Waals surface area contributed by atoms with Crippen molar-refractivity contribution in [3.63, 3.8) is 0 Å². The summed E-state index contributed by atoms with van der Waals surface area (Å²) in [5.41, 5.74) is 18.1. The minimum Gasteiger partial charge on any atom is -0.381 e. The molecule has 1 fully saturated rings. The highest BCUT2D eigenvalue weighted by atomic mass is 16.5. The zero-order valence-corrected chi connectivity index (χ0v) is 27.4. The summed E-state index contributed by atoms with van der Waals surface area (Å²) >= 11 is 0. The van der Waals surface area contributed by atoms with Gasteiger partial charge in [0, 0.05) is 30.1 Å². The van der Waals surface area contributed by atoms with Crippen LogP contribution in [-0.4, -0.2) is 31.1 Å². The Morgan fingerprint density at radius 2 is 1.86 bits per heavy atom. The Morgan fingerprint density at radius 1 is 1.17 bits per heavy atom. The van der Waals surface area contributed by atoms with E-state index in [1.54, 1.807) is 0 Å². The molecule has 0 aromatic rings.